The number of para-hydroxylation sites is 1. The minimum atomic E-state index is -4.04. The van der Waals surface area contributed by atoms with Crippen LogP contribution in [-0.2, 0) is 10.1 Å². The van der Waals surface area contributed by atoms with Gasteiger partial charge in [-0.05, 0) is 26.0 Å². The minimum Gasteiger partial charge on any atom is -0.354 e. The van der Waals surface area contributed by atoms with Gasteiger partial charge in [0.05, 0.1) is 0 Å². The highest BCUT2D eigenvalue weighted by atomic mass is 32.2. The molecule has 1 aromatic rings. The molecule has 1 unspecified atom stereocenters. The first-order valence-corrected chi connectivity index (χ1v) is 6.25. The fourth-order valence-electron chi connectivity index (χ4n) is 1.43. The number of anilines is 1. The number of rotatable bonds is 4. The van der Waals surface area contributed by atoms with E-state index in [0.29, 0.717) is 6.54 Å². The first-order valence-electron chi connectivity index (χ1n) is 4.74. The molecule has 0 fully saturated rings. The molecule has 0 spiro atoms. The van der Waals surface area contributed by atoms with Crippen molar-refractivity contribution in [3.05, 3.63) is 30.3 Å². The smallest absolute Gasteiger partial charge is 0.286 e. The summed E-state index contributed by atoms with van der Waals surface area (Å²) in [6, 6.07) is 9.13. The van der Waals surface area contributed by atoms with Gasteiger partial charge < -0.3 is 4.90 Å². The molecule has 0 bridgehead atoms. The Morgan fingerprint density at radius 1 is 1.33 bits per heavy atom. The number of hydrogen-bond acceptors (Lipinski definition) is 3. The van der Waals surface area contributed by atoms with Crippen molar-refractivity contribution < 1.29 is 13.0 Å². The predicted molar refractivity (Wildman–Crippen MR) is 60.5 cm³/mol. The van der Waals surface area contributed by atoms with E-state index in [2.05, 4.69) is 0 Å². The quantitative estimate of drug-likeness (QED) is 0.799. The van der Waals surface area contributed by atoms with E-state index in [4.69, 9.17) is 4.55 Å². The Morgan fingerprint density at radius 3 is 2.27 bits per heavy atom. The van der Waals surface area contributed by atoms with Gasteiger partial charge >= 0.3 is 0 Å². The Hall–Kier alpha value is -1.07. The lowest BCUT2D eigenvalue weighted by Gasteiger charge is -2.27. The van der Waals surface area contributed by atoms with Crippen LogP contribution in [0.5, 0.6) is 0 Å². The molecule has 0 heterocycles. The second-order valence-corrected chi connectivity index (χ2v) is 4.95. The summed E-state index contributed by atoms with van der Waals surface area (Å²) in [4.78, 5) is 1.62. The Morgan fingerprint density at radius 2 is 1.87 bits per heavy atom. The molecule has 0 amide bonds. The van der Waals surface area contributed by atoms with Gasteiger partial charge in [-0.3, -0.25) is 4.55 Å². The molecule has 5 heteroatoms. The van der Waals surface area contributed by atoms with E-state index in [1.54, 1.807) is 4.90 Å². The van der Waals surface area contributed by atoms with Crippen molar-refractivity contribution in [3.8, 4) is 0 Å². The average molecular weight is 229 g/mol. The molecule has 15 heavy (non-hydrogen) atoms. The second-order valence-electron chi connectivity index (χ2n) is 3.24. The van der Waals surface area contributed by atoms with Crippen LogP contribution in [0.2, 0.25) is 0 Å². The highest BCUT2D eigenvalue weighted by Crippen LogP contribution is 2.18. The van der Waals surface area contributed by atoms with Gasteiger partial charge in [-0.25, -0.2) is 0 Å². The normalized spacial score (nSPS) is 13.5. The highest BCUT2D eigenvalue weighted by Gasteiger charge is 2.23. The molecule has 1 rings (SSSR count). The number of benzene rings is 1. The lowest BCUT2D eigenvalue weighted by Crippen LogP contribution is -2.38. The Bertz CT molecular complexity index is 402. The molecule has 1 aromatic carbocycles. The first-order chi connectivity index (χ1) is 6.96. The molecule has 0 saturated heterocycles. The van der Waals surface area contributed by atoms with Crippen LogP contribution < -0.4 is 4.90 Å². The van der Waals surface area contributed by atoms with Crippen LogP contribution in [0.1, 0.15) is 13.8 Å². The zero-order valence-electron chi connectivity index (χ0n) is 8.79. The summed E-state index contributed by atoms with van der Waals surface area (Å²) in [5.41, 5.74) is 0.783. The molecular formula is C10H15NO3S. The topological polar surface area (TPSA) is 57.6 Å². The van der Waals surface area contributed by atoms with Crippen molar-refractivity contribution in [1.29, 1.82) is 0 Å². The first kappa shape index (κ1) is 12.0. The van der Waals surface area contributed by atoms with E-state index in [1.807, 2.05) is 37.3 Å². The van der Waals surface area contributed by atoms with Crippen molar-refractivity contribution in [2.24, 2.45) is 0 Å². The van der Waals surface area contributed by atoms with Gasteiger partial charge in [0.1, 0.15) is 0 Å². The van der Waals surface area contributed by atoms with Crippen LogP contribution in [0.4, 0.5) is 5.69 Å². The van der Waals surface area contributed by atoms with Gasteiger partial charge in [-0.1, -0.05) is 18.2 Å². The van der Waals surface area contributed by atoms with E-state index in [-0.39, 0.29) is 0 Å². The zero-order valence-corrected chi connectivity index (χ0v) is 9.61. The van der Waals surface area contributed by atoms with E-state index >= 15 is 0 Å². The maximum atomic E-state index is 11.0. The monoisotopic (exact) mass is 229 g/mol. The summed E-state index contributed by atoms with van der Waals surface area (Å²) in [7, 11) is -4.04. The summed E-state index contributed by atoms with van der Waals surface area (Å²) >= 11 is 0. The molecular weight excluding hydrogens is 214 g/mol. The Kier molecular flexibility index (Phi) is 3.71. The summed E-state index contributed by atoms with van der Waals surface area (Å²) in [5.74, 6) is 0. The Balaban J connectivity index is 3.01. The molecule has 0 aliphatic carbocycles. The van der Waals surface area contributed by atoms with Crippen LogP contribution in [0.15, 0.2) is 30.3 Å². The molecule has 0 aliphatic heterocycles. The summed E-state index contributed by atoms with van der Waals surface area (Å²) < 4.78 is 31.0. The minimum absolute atomic E-state index is 0.519. The van der Waals surface area contributed by atoms with Gasteiger partial charge in [0.25, 0.3) is 10.1 Å². The van der Waals surface area contributed by atoms with Crippen LogP contribution >= 0.6 is 0 Å². The van der Waals surface area contributed by atoms with Gasteiger partial charge in [-0.15, -0.1) is 0 Å². The largest absolute Gasteiger partial charge is 0.354 e. The molecule has 0 saturated carbocycles. The van der Waals surface area contributed by atoms with Crippen LogP contribution in [0, 0.1) is 0 Å². The number of nitrogens with zero attached hydrogens (tertiary/aromatic N) is 1. The van der Waals surface area contributed by atoms with E-state index < -0.39 is 15.5 Å². The molecule has 1 N–H and O–H groups in total. The SMILES string of the molecule is CCN(c1ccccc1)C(C)S(=O)(=O)O. The van der Waals surface area contributed by atoms with Crippen molar-refractivity contribution in [2.45, 2.75) is 19.2 Å². The van der Waals surface area contributed by atoms with Gasteiger partial charge in [0.2, 0.25) is 0 Å². The van der Waals surface area contributed by atoms with Crippen molar-refractivity contribution in [1.82, 2.24) is 0 Å². The zero-order chi connectivity index (χ0) is 11.5. The molecule has 0 aliphatic rings. The van der Waals surface area contributed by atoms with E-state index in [1.165, 1.54) is 6.92 Å². The summed E-state index contributed by atoms with van der Waals surface area (Å²) in [6.07, 6.45) is 0. The molecule has 84 valence electrons. The van der Waals surface area contributed by atoms with Crippen LogP contribution in [0.25, 0.3) is 0 Å². The summed E-state index contributed by atoms with van der Waals surface area (Å²) in [6.45, 7) is 3.82. The standard InChI is InChI=1S/C10H15NO3S/c1-3-11(9(2)15(12,13)14)10-7-5-4-6-8-10/h4-9H,3H2,1-2H3,(H,12,13,14). The molecule has 4 nitrogen and oxygen atoms in total. The van der Waals surface area contributed by atoms with Crippen molar-refractivity contribution in [3.63, 3.8) is 0 Å². The lowest BCUT2D eigenvalue weighted by molar-refractivity contribution is 0.467. The second kappa shape index (κ2) is 4.63. The van der Waals surface area contributed by atoms with Crippen LogP contribution in [-0.4, -0.2) is 24.9 Å². The Labute approximate surface area is 90.3 Å². The third kappa shape index (κ3) is 2.94. The number of hydrogen-bond donors (Lipinski definition) is 1. The third-order valence-corrected chi connectivity index (χ3v) is 3.42. The van der Waals surface area contributed by atoms with E-state index in [0.717, 1.165) is 5.69 Å². The van der Waals surface area contributed by atoms with E-state index in [9.17, 15) is 8.42 Å². The summed E-state index contributed by atoms with van der Waals surface area (Å²) in [5, 5.41) is -0.926. The molecule has 1 atom stereocenters. The lowest BCUT2D eigenvalue weighted by atomic mass is 10.3. The fraction of sp³-hybridized carbons (Fsp3) is 0.400. The van der Waals surface area contributed by atoms with Crippen molar-refractivity contribution in [2.75, 3.05) is 11.4 Å². The fourth-order valence-corrected chi connectivity index (χ4v) is 2.02. The molecule has 0 aromatic heterocycles. The van der Waals surface area contributed by atoms with Crippen molar-refractivity contribution >= 4 is 15.8 Å². The average Bonchev–Trinajstić information content (AvgIpc) is 2.19. The third-order valence-electron chi connectivity index (χ3n) is 2.30. The molecule has 0 radical (unpaired) electrons. The van der Waals surface area contributed by atoms with Gasteiger partial charge in [0, 0.05) is 12.2 Å². The van der Waals surface area contributed by atoms with Gasteiger partial charge in [0.15, 0.2) is 5.37 Å². The maximum absolute atomic E-state index is 11.0. The van der Waals surface area contributed by atoms with Crippen LogP contribution in [0.3, 0.4) is 0 Å². The maximum Gasteiger partial charge on any atom is 0.286 e. The van der Waals surface area contributed by atoms with Gasteiger partial charge in [-0.2, -0.15) is 8.42 Å². The predicted octanol–water partition coefficient (Wildman–Crippen LogP) is 1.75. The highest BCUT2D eigenvalue weighted by molar-refractivity contribution is 7.86.